The van der Waals surface area contributed by atoms with Gasteiger partial charge in [0.15, 0.2) is 11.5 Å². The second-order valence-electron chi connectivity index (χ2n) is 7.77. The number of carbonyl (C=O) groups is 2. The van der Waals surface area contributed by atoms with Crippen LogP contribution >= 0.6 is 11.6 Å². The summed E-state index contributed by atoms with van der Waals surface area (Å²) in [7, 11) is 0. The minimum Gasteiger partial charge on any atom is -0.507 e. The molecule has 1 aromatic heterocycles. The van der Waals surface area contributed by atoms with Crippen molar-refractivity contribution in [2.24, 2.45) is 0 Å². The topological polar surface area (TPSA) is 93.9 Å². The molecule has 0 radical (unpaired) electrons. The van der Waals surface area contributed by atoms with Gasteiger partial charge in [0.25, 0.3) is 11.7 Å². The number of aromatic nitrogens is 2. The molecule has 9 heteroatoms. The summed E-state index contributed by atoms with van der Waals surface area (Å²) in [5, 5.41) is 11.6. The van der Waals surface area contributed by atoms with E-state index in [1.54, 1.807) is 55.0 Å². The minimum atomic E-state index is -0.767. The average Bonchev–Trinajstić information content (AvgIpc) is 3.55. The first kappa shape index (κ1) is 21.1. The third-order valence-corrected chi connectivity index (χ3v) is 5.96. The Balaban J connectivity index is 1.54. The lowest BCUT2D eigenvalue weighted by Gasteiger charge is -2.25. The van der Waals surface area contributed by atoms with Crippen LogP contribution in [-0.4, -0.2) is 44.6 Å². The molecule has 0 spiro atoms. The molecule has 1 saturated heterocycles. The average molecular weight is 466 g/mol. The lowest BCUT2D eigenvalue weighted by atomic mass is 9.95. The maximum atomic E-state index is 13.1. The number of aliphatic hydroxyl groups is 1. The number of ketones is 1. The van der Waals surface area contributed by atoms with Crippen molar-refractivity contribution in [1.29, 1.82) is 0 Å². The quantitative estimate of drug-likeness (QED) is 0.338. The Morgan fingerprint density at radius 3 is 2.76 bits per heavy atom. The summed E-state index contributed by atoms with van der Waals surface area (Å²) < 4.78 is 12.6. The molecule has 1 atom stereocenters. The monoisotopic (exact) mass is 465 g/mol. The molecule has 2 aliphatic rings. The Morgan fingerprint density at radius 2 is 1.97 bits per heavy atom. The van der Waals surface area contributed by atoms with Crippen LogP contribution in [0.3, 0.4) is 0 Å². The summed E-state index contributed by atoms with van der Waals surface area (Å²) in [5.74, 6) is -0.648. The first-order valence-corrected chi connectivity index (χ1v) is 10.8. The Kier molecular flexibility index (Phi) is 5.51. The number of ether oxygens (including phenoxy) is 2. The number of fused-ring (bicyclic) bond motifs is 1. The van der Waals surface area contributed by atoms with Gasteiger partial charge in [-0.3, -0.25) is 9.59 Å². The van der Waals surface area contributed by atoms with Gasteiger partial charge in [0.1, 0.15) is 5.76 Å². The van der Waals surface area contributed by atoms with Gasteiger partial charge in [0.2, 0.25) is 6.79 Å². The largest absolute Gasteiger partial charge is 0.507 e. The van der Waals surface area contributed by atoms with E-state index in [1.807, 2.05) is 10.8 Å². The number of amides is 1. The molecule has 0 saturated carbocycles. The molecule has 2 aromatic carbocycles. The van der Waals surface area contributed by atoms with Gasteiger partial charge in [0, 0.05) is 36.1 Å². The van der Waals surface area contributed by atoms with E-state index in [0.717, 1.165) is 0 Å². The van der Waals surface area contributed by atoms with Gasteiger partial charge in [-0.15, -0.1) is 0 Å². The molecule has 1 fully saturated rings. The maximum absolute atomic E-state index is 13.1. The summed E-state index contributed by atoms with van der Waals surface area (Å²) in [5.41, 5.74) is 1.03. The van der Waals surface area contributed by atoms with E-state index in [0.29, 0.717) is 47.2 Å². The predicted molar refractivity (Wildman–Crippen MR) is 120 cm³/mol. The number of aryl methyl sites for hydroxylation is 1. The van der Waals surface area contributed by atoms with Crippen molar-refractivity contribution in [3.05, 3.63) is 82.9 Å². The van der Waals surface area contributed by atoms with Crippen LogP contribution in [0.15, 0.2) is 66.8 Å². The molecule has 0 bridgehead atoms. The number of halogens is 1. The zero-order valence-electron chi connectivity index (χ0n) is 17.5. The summed E-state index contributed by atoms with van der Waals surface area (Å²) in [6.07, 6.45) is 5.82. The van der Waals surface area contributed by atoms with Gasteiger partial charge in [0.05, 0.1) is 17.9 Å². The molecule has 3 aromatic rings. The maximum Gasteiger partial charge on any atom is 0.295 e. The van der Waals surface area contributed by atoms with Crippen molar-refractivity contribution in [3.63, 3.8) is 0 Å². The number of nitrogens with zero attached hydrogens (tertiary/aromatic N) is 3. The van der Waals surface area contributed by atoms with Crippen LogP contribution in [0.4, 0.5) is 0 Å². The highest BCUT2D eigenvalue weighted by Gasteiger charge is 2.46. The molecular formula is C24H20ClN3O5. The van der Waals surface area contributed by atoms with Gasteiger partial charge in [-0.05, 0) is 42.3 Å². The number of imidazole rings is 1. The van der Waals surface area contributed by atoms with Gasteiger partial charge in [-0.1, -0.05) is 23.7 Å². The summed E-state index contributed by atoms with van der Waals surface area (Å²) in [6, 6.07) is 11.1. The molecule has 0 aliphatic carbocycles. The standard InChI is InChI=1S/C24H20ClN3O5/c25-17-4-1-3-15(11-17)21-20(22(29)16-5-6-18-19(12-16)33-14-32-18)23(30)24(31)28(21)9-2-8-27-10-7-26-13-27/h1,3-7,10-13,21,29H,2,8-9,14H2. The lowest BCUT2D eigenvalue weighted by molar-refractivity contribution is -0.139. The third kappa shape index (κ3) is 3.93. The van der Waals surface area contributed by atoms with Crippen LogP contribution in [0, 0.1) is 0 Å². The number of carbonyl (C=O) groups excluding carboxylic acids is 2. The summed E-state index contributed by atoms with van der Waals surface area (Å²) in [6.45, 7) is 1.04. The fourth-order valence-electron chi connectivity index (χ4n) is 4.18. The minimum absolute atomic E-state index is 0.0174. The SMILES string of the molecule is O=C1C(=O)N(CCCn2ccnc2)C(c2cccc(Cl)c2)C1=C(O)c1ccc2c(c1)OCO2. The van der Waals surface area contributed by atoms with Crippen molar-refractivity contribution >= 4 is 29.1 Å². The number of aliphatic hydroxyl groups excluding tert-OH is 1. The highest BCUT2D eigenvalue weighted by atomic mass is 35.5. The van der Waals surface area contributed by atoms with Gasteiger partial charge in [-0.25, -0.2) is 4.98 Å². The van der Waals surface area contributed by atoms with Crippen molar-refractivity contribution in [3.8, 4) is 11.5 Å². The molecule has 1 N–H and O–H groups in total. The van der Waals surface area contributed by atoms with Crippen LogP contribution in [0.25, 0.3) is 5.76 Å². The summed E-state index contributed by atoms with van der Waals surface area (Å²) >= 11 is 6.22. The second-order valence-corrected chi connectivity index (χ2v) is 8.21. The zero-order valence-corrected chi connectivity index (χ0v) is 18.2. The van der Waals surface area contributed by atoms with Crippen molar-refractivity contribution < 1.29 is 24.2 Å². The Bertz CT molecular complexity index is 1250. The fraction of sp³-hybridized carbons (Fsp3) is 0.208. The van der Waals surface area contributed by atoms with Crippen molar-refractivity contribution in [1.82, 2.24) is 14.5 Å². The second kappa shape index (κ2) is 8.63. The van der Waals surface area contributed by atoms with Crippen LogP contribution in [0.1, 0.15) is 23.6 Å². The zero-order chi connectivity index (χ0) is 22.9. The van der Waals surface area contributed by atoms with Crippen LogP contribution in [-0.2, 0) is 16.1 Å². The molecule has 2 aliphatic heterocycles. The molecule has 33 heavy (non-hydrogen) atoms. The van der Waals surface area contributed by atoms with Crippen molar-refractivity contribution in [2.45, 2.75) is 19.0 Å². The highest BCUT2D eigenvalue weighted by Crippen LogP contribution is 2.41. The number of rotatable bonds is 6. The van der Waals surface area contributed by atoms with Crippen LogP contribution in [0.2, 0.25) is 5.02 Å². The van der Waals surface area contributed by atoms with E-state index in [2.05, 4.69) is 4.98 Å². The fourth-order valence-corrected chi connectivity index (χ4v) is 4.37. The van der Waals surface area contributed by atoms with E-state index in [9.17, 15) is 14.7 Å². The van der Waals surface area contributed by atoms with Gasteiger partial charge < -0.3 is 24.0 Å². The predicted octanol–water partition coefficient (Wildman–Crippen LogP) is 3.78. The number of hydrogen-bond acceptors (Lipinski definition) is 6. The highest BCUT2D eigenvalue weighted by molar-refractivity contribution is 6.46. The number of benzene rings is 2. The summed E-state index contributed by atoms with van der Waals surface area (Å²) in [4.78, 5) is 31.7. The molecule has 1 unspecified atom stereocenters. The molecular weight excluding hydrogens is 446 g/mol. The van der Waals surface area contributed by atoms with Gasteiger partial charge in [-0.2, -0.15) is 0 Å². The van der Waals surface area contributed by atoms with Crippen molar-refractivity contribution in [2.75, 3.05) is 13.3 Å². The Morgan fingerprint density at radius 1 is 1.12 bits per heavy atom. The van der Waals surface area contributed by atoms with E-state index >= 15 is 0 Å². The molecule has 1 amide bonds. The third-order valence-electron chi connectivity index (χ3n) is 5.72. The number of hydrogen-bond donors (Lipinski definition) is 1. The van der Waals surface area contributed by atoms with Crippen LogP contribution in [0.5, 0.6) is 11.5 Å². The molecule has 168 valence electrons. The van der Waals surface area contributed by atoms with Gasteiger partial charge >= 0.3 is 0 Å². The van der Waals surface area contributed by atoms with Crippen LogP contribution < -0.4 is 9.47 Å². The first-order chi connectivity index (χ1) is 16.0. The molecule has 8 nitrogen and oxygen atoms in total. The molecule has 3 heterocycles. The first-order valence-electron chi connectivity index (χ1n) is 10.4. The molecule has 5 rings (SSSR count). The number of likely N-dealkylation sites (tertiary alicyclic amines) is 1. The van der Waals surface area contributed by atoms with E-state index in [-0.39, 0.29) is 18.1 Å². The normalized spacial score (nSPS) is 18.8. The number of Topliss-reactive ketones (excluding diaryl/α,β-unsaturated/α-hetero) is 1. The van der Waals surface area contributed by atoms with E-state index in [1.165, 1.54) is 4.90 Å². The Hall–Kier alpha value is -3.78. The smallest absolute Gasteiger partial charge is 0.295 e. The van der Waals surface area contributed by atoms with E-state index in [4.69, 9.17) is 21.1 Å². The van der Waals surface area contributed by atoms with E-state index < -0.39 is 17.7 Å². The Labute approximate surface area is 194 Å². The lowest BCUT2D eigenvalue weighted by Crippen LogP contribution is -2.31.